The van der Waals surface area contributed by atoms with Gasteiger partial charge in [-0.2, -0.15) is 35.1 Å². The number of nitrogen functional groups attached to an aromatic ring is 1. The van der Waals surface area contributed by atoms with E-state index in [1.54, 1.807) is 11.8 Å². The molecule has 6 N–H and O–H groups in total. The number of nitrogens with two attached hydrogens (primary N) is 1. The fraction of sp³-hybridized carbons (Fsp3) is 0.308. The van der Waals surface area contributed by atoms with Crippen molar-refractivity contribution >= 4 is 56.8 Å². The summed E-state index contributed by atoms with van der Waals surface area (Å²) in [5, 5.41) is 14.2. The van der Waals surface area contributed by atoms with E-state index in [2.05, 4.69) is 25.6 Å². The zero-order chi connectivity index (χ0) is 19.2. The number of halogens is 1. The van der Waals surface area contributed by atoms with E-state index in [0.717, 1.165) is 11.8 Å². The minimum atomic E-state index is -4.47. The van der Waals surface area contributed by atoms with Crippen molar-refractivity contribution in [2.75, 3.05) is 41.0 Å². The maximum absolute atomic E-state index is 11.5. The number of benzene rings is 1. The zero-order valence-corrected chi connectivity index (χ0v) is 15.8. The van der Waals surface area contributed by atoms with Crippen LogP contribution in [0.3, 0.4) is 0 Å². The van der Waals surface area contributed by atoms with Gasteiger partial charge in [-0.25, -0.2) is 0 Å². The Balaban J connectivity index is 2.19. The minimum Gasteiger partial charge on any atom is -0.399 e. The Morgan fingerprint density at radius 1 is 1.19 bits per heavy atom. The van der Waals surface area contributed by atoms with Gasteiger partial charge in [0, 0.05) is 23.7 Å². The lowest BCUT2D eigenvalue weighted by Crippen LogP contribution is -2.11. The molecule has 0 spiro atoms. The molecule has 0 amide bonds. The summed E-state index contributed by atoms with van der Waals surface area (Å²) in [5.41, 5.74) is 5.94. The molecule has 2 aromatic rings. The Labute approximate surface area is 159 Å². The van der Waals surface area contributed by atoms with Crippen LogP contribution in [0.4, 0.5) is 23.3 Å². The Kier molecular flexibility index (Phi) is 7.23. The van der Waals surface area contributed by atoms with Gasteiger partial charge in [0.1, 0.15) is 4.90 Å². The highest BCUT2D eigenvalue weighted by atomic mass is 35.5. The van der Waals surface area contributed by atoms with E-state index in [9.17, 15) is 13.0 Å². The molecule has 13 heteroatoms. The first-order chi connectivity index (χ1) is 12.3. The lowest BCUT2D eigenvalue weighted by atomic mass is 10.3. The van der Waals surface area contributed by atoms with E-state index in [-0.39, 0.29) is 40.1 Å². The number of hydrogen-bond acceptors (Lipinski definition) is 10. The lowest BCUT2D eigenvalue weighted by Gasteiger charge is -2.11. The monoisotopic (exact) mass is 420 g/mol. The van der Waals surface area contributed by atoms with Crippen molar-refractivity contribution in [3.8, 4) is 0 Å². The minimum absolute atomic E-state index is 0.000724. The molecule has 142 valence electrons. The van der Waals surface area contributed by atoms with Crippen LogP contribution in [0.15, 0.2) is 23.1 Å². The molecule has 0 fully saturated rings. The third-order valence-corrected chi connectivity index (χ3v) is 4.95. The SMILES string of the molecule is Nc1ccc(S(=O)(=O)O)c(Nc2nc(Cl)nc(NCCSCCO)n2)c1. The average molecular weight is 421 g/mol. The predicted octanol–water partition coefficient (Wildman–Crippen LogP) is 1.23. The molecular weight excluding hydrogens is 404 g/mol. The lowest BCUT2D eigenvalue weighted by molar-refractivity contribution is 0.322. The third kappa shape index (κ3) is 6.14. The molecule has 26 heavy (non-hydrogen) atoms. The Hall–Kier alpha value is -1.86. The van der Waals surface area contributed by atoms with Gasteiger partial charge in [0.15, 0.2) is 0 Å². The van der Waals surface area contributed by atoms with Crippen LogP contribution in [0.5, 0.6) is 0 Å². The van der Waals surface area contributed by atoms with Gasteiger partial charge < -0.3 is 21.5 Å². The number of rotatable bonds is 9. The average Bonchev–Trinajstić information content (AvgIpc) is 2.53. The van der Waals surface area contributed by atoms with E-state index < -0.39 is 10.1 Å². The van der Waals surface area contributed by atoms with Crippen molar-refractivity contribution < 1.29 is 18.1 Å². The van der Waals surface area contributed by atoms with Crippen molar-refractivity contribution in [1.82, 2.24) is 15.0 Å². The van der Waals surface area contributed by atoms with Gasteiger partial charge in [0.2, 0.25) is 17.2 Å². The Morgan fingerprint density at radius 2 is 1.92 bits per heavy atom. The van der Waals surface area contributed by atoms with Crippen molar-refractivity contribution in [2.45, 2.75) is 4.90 Å². The molecule has 1 aromatic carbocycles. The van der Waals surface area contributed by atoms with Crippen LogP contribution >= 0.6 is 23.4 Å². The van der Waals surface area contributed by atoms with Crippen molar-refractivity contribution in [3.05, 3.63) is 23.5 Å². The molecule has 1 heterocycles. The van der Waals surface area contributed by atoms with Crippen molar-refractivity contribution in [2.24, 2.45) is 0 Å². The summed E-state index contributed by atoms with van der Waals surface area (Å²) in [4.78, 5) is 11.5. The number of anilines is 4. The number of thioether (sulfide) groups is 1. The molecule has 0 saturated carbocycles. The van der Waals surface area contributed by atoms with Gasteiger partial charge in [0.25, 0.3) is 10.1 Å². The van der Waals surface area contributed by atoms with Crippen molar-refractivity contribution in [1.29, 1.82) is 0 Å². The second-order valence-corrected chi connectivity index (χ2v) is 7.82. The van der Waals surface area contributed by atoms with Crippen molar-refractivity contribution in [3.63, 3.8) is 0 Å². The molecule has 0 aliphatic heterocycles. The van der Waals surface area contributed by atoms with E-state index in [1.807, 2.05) is 0 Å². The normalized spacial score (nSPS) is 11.3. The highest BCUT2D eigenvalue weighted by molar-refractivity contribution is 7.99. The quantitative estimate of drug-likeness (QED) is 0.225. The molecule has 0 aliphatic rings. The molecule has 2 rings (SSSR count). The molecule has 1 aromatic heterocycles. The van der Waals surface area contributed by atoms with Crippen LogP contribution in [0.2, 0.25) is 5.28 Å². The van der Waals surface area contributed by atoms with Gasteiger partial charge in [-0.05, 0) is 29.8 Å². The first kappa shape index (κ1) is 20.5. The molecular formula is C13H17ClN6O4S2. The summed E-state index contributed by atoms with van der Waals surface area (Å²) in [6.07, 6.45) is 0. The molecule has 0 radical (unpaired) electrons. The van der Waals surface area contributed by atoms with E-state index >= 15 is 0 Å². The van der Waals surface area contributed by atoms with E-state index in [4.69, 9.17) is 22.4 Å². The molecule has 0 bridgehead atoms. The number of nitrogens with zero attached hydrogens (tertiary/aromatic N) is 3. The summed E-state index contributed by atoms with van der Waals surface area (Å²) in [7, 11) is -4.47. The van der Waals surface area contributed by atoms with Crippen LogP contribution in [0.25, 0.3) is 0 Å². The predicted molar refractivity (Wildman–Crippen MR) is 102 cm³/mol. The van der Waals surface area contributed by atoms with Gasteiger partial charge in [-0.1, -0.05) is 0 Å². The fourth-order valence-electron chi connectivity index (χ4n) is 1.88. The van der Waals surface area contributed by atoms with Crippen LogP contribution < -0.4 is 16.4 Å². The first-order valence-electron chi connectivity index (χ1n) is 7.27. The smallest absolute Gasteiger partial charge is 0.296 e. The van der Waals surface area contributed by atoms with Crippen LogP contribution in [-0.2, 0) is 10.1 Å². The number of aliphatic hydroxyl groups is 1. The molecule has 0 saturated heterocycles. The van der Waals surface area contributed by atoms with Crippen LogP contribution in [0.1, 0.15) is 0 Å². The number of hydrogen-bond donors (Lipinski definition) is 5. The summed E-state index contributed by atoms with van der Waals surface area (Å²) in [5.74, 6) is 1.51. The number of aromatic nitrogens is 3. The standard InChI is InChI=1S/C13H17ClN6O4S2/c14-11-18-12(16-3-5-25-6-4-21)20-13(19-11)17-9-7-8(15)1-2-10(9)26(22,23)24/h1-2,7,21H,3-6,15H2,(H,22,23,24)(H2,16,17,18,19,20). The summed E-state index contributed by atoms with van der Waals surface area (Å²) < 4.78 is 32.3. The number of aliphatic hydroxyl groups excluding tert-OH is 1. The second-order valence-electron chi connectivity index (χ2n) is 4.87. The maximum Gasteiger partial charge on any atom is 0.296 e. The van der Waals surface area contributed by atoms with E-state index in [0.29, 0.717) is 12.3 Å². The fourth-order valence-corrected chi connectivity index (χ4v) is 3.24. The first-order valence-corrected chi connectivity index (χ1v) is 10.2. The summed E-state index contributed by atoms with van der Waals surface area (Å²) >= 11 is 7.42. The van der Waals surface area contributed by atoms with Gasteiger partial charge in [-0.3, -0.25) is 4.55 Å². The maximum atomic E-state index is 11.5. The zero-order valence-electron chi connectivity index (χ0n) is 13.4. The highest BCUT2D eigenvalue weighted by Crippen LogP contribution is 2.26. The van der Waals surface area contributed by atoms with Gasteiger partial charge in [0.05, 0.1) is 12.3 Å². The molecule has 0 atom stereocenters. The molecule has 0 aliphatic carbocycles. The summed E-state index contributed by atoms with van der Waals surface area (Å²) in [6.45, 7) is 0.631. The Bertz CT molecular complexity index is 868. The summed E-state index contributed by atoms with van der Waals surface area (Å²) in [6, 6.07) is 3.82. The molecule has 10 nitrogen and oxygen atoms in total. The topological polar surface area (TPSA) is 163 Å². The van der Waals surface area contributed by atoms with Gasteiger partial charge >= 0.3 is 0 Å². The number of nitrogens with one attached hydrogen (secondary N) is 2. The molecule has 0 unspecified atom stereocenters. The second kappa shape index (κ2) is 9.19. The third-order valence-electron chi connectivity index (χ3n) is 2.90. The highest BCUT2D eigenvalue weighted by Gasteiger charge is 2.17. The largest absolute Gasteiger partial charge is 0.399 e. The van der Waals surface area contributed by atoms with Gasteiger partial charge in [-0.15, -0.1) is 0 Å². The van der Waals surface area contributed by atoms with E-state index in [1.165, 1.54) is 12.1 Å². The van der Waals surface area contributed by atoms with Crippen LogP contribution in [-0.4, -0.2) is 57.7 Å². The van der Waals surface area contributed by atoms with Crippen LogP contribution in [0, 0.1) is 0 Å². The Morgan fingerprint density at radius 3 is 2.62 bits per heavy atom.